The summed E-state index contributed by atoms with van der Waals surface area (Å²) < 4.78 is 5.79. The lowest BCUT2D eigenvalue weighted by atomic mass is 9.77. The van der Waals surface area contributed by atoms with Gasteiger partial charge in [-0.1, -0.05) is 12.1 Å². The van der Waals surface area contributed by atoms with Gasteiger partial charge in [0.1, 0.15) is 5.82 Å². The molecule has 3 heterocycles. The van der Waals surface area contributed by atoms with E-state index in [0.717, 1.165) is 31.7 Å². The van der Waals surface area contributed by atoms with E-state index in [1.165, 1.54) is 4.88 Å². The average molecular weight is 401 g/mol. The zero-order valence-electron chi connectivity index (χ0n) is 16.2. The van der Waals surface area contributed by atoms with Gasteiger partial charge in [-0.3, -0.25) is 9.69 Å². The Balaban J connectivity index is 1.29. The molecule has 0 aromatic carbocycles. The molecular formula is C21H28N4O2S. The Morgan fingerprint density at radius 1 is 1.25 bits per heavy atom. The van der Waals surface area contributed by atoms with Crippen molar-refractivity contribution in [1.82, 2.24) is 15.2 Å². The Kier molecular flexibility index (Phi) is 6.24. The normalized spacial score (nSPS) is 27.3. The minimum absolute atomic E-state index is 0.110. The predicted molar refractivity (Wildman–Crippen MR) is 111 cm³/mol. The zero-order chi connectivity index (χ0) is 19.3. The Hall–Kier alpha value is -1.96. The maximum absolute atomic E-state index is 12.3. The quantitative estimate of drug-likeness (QED) is 0.748. The first kappa shape index (κ1) is 19.4. The lowest BCUT2D eigenvalue weighted by Gasteiger charge is -2.37. The zero-order valence-corrected chi connectivity index (χ0v) is 17.0. The summed E-state index contributed by atoms with van der Waals surface area (Å²) in [6.45, 7) is 3.06. The summed E-state index contributed by atoms with van der Waals surface area (Å²) in [5.74, 6) is 2.20. The maximum Gasteiger partial charge on any atom is 0.234 e. The summed E-state index contributed by atoms with van der Waals surface area (Å²) in [6.07, 6.45) is 4.06. The van der Waals surface area contributed by atoms with Gasteiger partial charge in [0, 0.05) is 31.3 Å². The number of carbonyl (C=O) groups excluding carboxylic acids is 1. The van der Waals surface area contributed by atoms with E-state index in [1.54, 1.807) is 18.4 Å². The second-order valence-electron chi connectivity index (χ2n) is 7.78. The first-order chi connectivity index (χ1) is 13.7. The molecule has 6 nitrogen and oxygen atoms in total. The Bertz CT molecular complexity index is 755. The highest BCUT2D eigenvalue weighted by atomic mass is 32.1. The predicted octanol–water partition coefficient (Wildman–Crippen LogP) is 2.60. The van der Waals surface area contributed by atoms with Crippen LogP contribution >= 0.6 is 11.3 Å². The minimum Gasteiger partial charge on any atom is -0.379 e. The van der Waals surface area contributed by atoms with Gasteiger partial charge < -0.3 is 15.4 Å². The molecule has 2 aliphatic rings. The molecule has 1 amide bonds. The summed E-state index contributed by atoms with van der Waals surface area (Å²) in [5.41, 5.74) is 0. The maximum atomic E-state index is 12.3. The Morgan fingerprint density at radius 3 is 2.82 bits per heavy atom. The molecule has 1 aliphatic carbocycles. The van der Waals surface area contributed by atoms with E-state index >= 15 is 0 Å². The van der Waals surface area contributed by atoms with Crippen LogP contribution in [0.25, 0.3) is 0 Å². The Morgan fingerprint density at radius 2 is 2.11 bits per heavy atom. The van der Waals surface area contributed by atoms with E-state index in [-0.39, 0.29) is 18.1 Å². The SMILES string of the molecule is CO[C@@H]1C[C@H]2CN(CC(=O)NCc3cccs3)C[C@H]2C[C@H]1Nc1ccccn1. The second-order valence-corrected chi connectivity index (χ2v) is 8.81. The van der Waals surface area contributed by atoms with Gasteiger partial charge in [-0.25, -0.2) is 4.98 Å². The molecule has 4 atom stereocenters. The molecule has 0 unspecified atom stereocenters. The van der Waals surface area contributed by atoms with Gasteiger partial charge in [0.05, 0.1) is 25.2 Å². The number of aromatic nitrogens is 1. The number of fused-ring (bicyclic) bond motifs is 1. The Labute approximate surface area is 170 Å². The van der Waals surface area contributed by atoms with Crippen molar-refractivity contribution in [1.29, 1.82) is 0 Å². The number of hydrogen-bond donors (Lipinski definition) is 2. The third-order valence-corrected chi connectivity index (χ3v) is 6.78. The molecule has 2 fully saturated rings. The number of ether oxygens (including phenoxy) is 1. The fraction of sp³-hybridized carbons (Fsp3) is 0.524. The topological polar surface area (TPSA) is 66.5 Å². The smallest absolute Gasteiger partial charge is 0.234 e. The number of rotatable bonds is 7. The van der Waals surface area contributed by atoms with Crippen molar-refractivity contribution in [2.75, 3.05) is 32.1 Å². The van der Waals surface area contributed by atoms with Crippen LogP contribution in [-0.4, -0.2) is 54.7 Å². The third kappa shape index (κ3) is 4.71. The van der Waals surface area contributed by atoms with Crippen LogP contribution in [0.5, 0.6) is 0 Å². The average Bonchev–Trinajstić information content (AvgIpc) is 3.35. The van der Waals surface area contributed by atoms with Crippen LogP contribution in [0.15, 0.2) is 41.9 Å². The molecule has 2 aromatic rings. The van der Waals surface area contributed by atoms with E-state index < -0.39 is 0 Å². The summed E-state index contributed by atoms with van der Waals surface area (Å²) in [7, 11) is 1.79. The van der Waals surface area contributed by atoms with Gasteiger partial charge in [0.25, 0.3) is 0 Å². The number of thiophene rings is 1. The van der Waals surface area contributed by atoms with Gasteiger partial charge in [0.2, 0.25) is 5.91 Å². The molecule has 1 aliphatic heterocycles. The molecule has 4 rings (SSSR count). The molecule has 2 N–H and O–H groups in total. The molecular weight excluding hydrogens is 372 g/mol. The van der Waals surface area contributed by atoms with Crippen LogP contribution in [0.1, 0.15) is 17.7 Å². The summed E-state index contributed by atoms with van der Waals surface area (Å²) in [6, 6.07) is 10.2. The molecule has 7 heteroatoms. The van der Waals surface area contributed by atoms with E-state index in [4.69, 9.17) is 4.74 Å². The molecule has 150 valence electrons. The number of anilines is 1. The standard InChI is InChI=1S/C21H28N4O2S/c1-27-19-10-16-13-25(14-21(26)23-11-17-5-4-8-28-17)12-15(16)9-18(19)24-20-6-2-3-7-22-20/h2-8,15-16,18-19H,9-14H2,1H3,(H,22,24)(H,23,26)/t15-,16+,18-,19-/m1/s1. The summed E-state index contributed by atoms with van der Waals surface area (Å²) in [5, 5.41) is 8.63. The van der Waals surface area contributed by atoms with Crippen LogP contribution in [0.4, 0.5) is 5.82 Å². The van der Waals surface area contributed by atoms with Crippen molar-refractivity contribution in [2.45, 2.75) is 31.5 Å². The van der Waals surface area contributed by atoms with Crippen molar-refractivity contribution >= 4 is 23.1 Å². The molecule has 28 heavy (non-hydrogen) atoms. The van der Waals surface area contributed by atoms with Crippen molar-refractivity contribution in [2.24, 2.45) is 11.8 Å². The molecule has 0 spiro atoms. The number of amides is 1. The number of nitrogens with one attached hydrogen (secondary N) is 2. The van der Waals surface area contributed by atoms with Gasteiger partial charge in [-0.2, -0.15) is 0 Å². The lowest BCUT2D eigenvalue weighted by molar-refractivity contribution is -0.122. The van der Waals surface area contributed by atoms with Gasteiger partial charge in [-0.05, 0) is 48.3 Å². The van der Waals surface area contributed by atoms with Crippen molar-refractivity contribution in [3.63, 3.8) is 0 Å². The van der Waals surface area contributed by atoms with Crippen LogP contribution in [0, 0.1) is 11.8 Å². The van der Waals surface area contributed by atoms with Gasteiger partial charge >= 0.3 is 0 Å². The highest BCUT2D eigenvalue weighted by Gasteiger charge is 2.42. The van der Waals surface area contributed by atoms with Crippen molar-refractivity contribution in [3.05, 3.63) is 46.8 Å². The molecule has 0 bridgehead atoms. The van der Waals surface area contributed by atoms with Gasteiger partial charge in [0.15, 0.2) is 0 Å². The largest absolute Gasteiger partial charge is 0.379 e. The number of methoxy groups -OCH3 is 1. The van der Waals surface area contributed by atoms with E-state index in [1.807, 2.05) is 35.8 Å². The number of hydrogen-bond acceptors (Lipinski definition) is 6. The van der Waals surface area contributed by atoms with Crippen LogP contribution in [-0.2, 0) is 16.1 Å². The van der Waals surface area contributed by atoms with Crippen LogP contribution in [0.3, 0.4) is 0 Å². The van der Waals surface area contributed by atoms with E-state index in [9.17, 15) is 4.79 Å². The van der Waals surface area contributed by atoms with Crippen molar-refractivity contribution < 1.29 is 9.53 Å². The van der Waals surface area contributed by atoms with Crippen LogP contribution in [0.2, 0.25) is 0 Å². The highest BCUT2D eigenvalue weighted by Crippen LogP contribution is 2.38. The lowest BCUT2D eigenvalue weighted by Crippen LogP contribution is -2.44. The van der Waals surface area contributed by atoms with E-state index in [0.29, 0.717) is 24.9 Å². The first-order valence-corrected chi connectivity index (χ1v) is 10.8. The highest BCUT2D eigenvalue weighted by molar-refractivity contribution is 7.09. The molecule has 1 saturated carbocycles. The van der Waals surface area contributed by atoms with Gasteiger partial charge in [-0.15, -0.1) is 11.3 Å². The van der Waals surface area contributed by atoms with Crippen LogP contribution < -0.4 is 10.6 Å². The number of carbonyl (C=O) groups is 1. The third-order valence-electron chi connectivity index (χ3n) is 5.90. The first-order valence-electron chi connectivity index (χ1n) is 9.93. The summed E-state index contributed by atoms with van der Waals surface area (Å²) in [4.78, 5) is 20.2. The van der Waals surface area contributed by atoms with Crippen molar-refractivity contribution in [3.8, 4) is 0 Å². The van der Waals surface area contributed by atoms with E-state index in [2.05, 4.69) is 26.6 Å². The minimum atomic E-state index is 0.110. The number of pyridine rings is 1. The molecule has 1 saturated heterocycles. The molecule has 2 aromatic heterocycles. The fourth-order valence-electron chi connectivity index (χ4n) is 4.55. The monoisotopic (exact) mass is 400 g/mol. The number of likely N-dealkylation sites (tertiary alicyclic amines) is 1. The number of nitrogens with zero attached hydrogens (tertiary/aromatic N) is 2. The summed E-state index contributed by atoms with van der Waals surface area (Å²) >= 11 is 1.67. The second kappa shape index (κ2) is 9.03. The molecule has 0 radical (unpaired) electrons. The fourth-order valence-corrected chi connectivity index (χ4v) is 5.19.